The van der Waals surface area contributed by atoms with Crippen molar-refractivity contribution in [1.82, 2.24) is 9.84 Å². The molecule has 1 fully saturated rings. The Morgan fingerprint density at radius 3 is 2.91 bits per heavy atom. The van der Waals surface area contributed by atoms with Gasteiger partial charge in [0.05, 0.1) is 16.5 Å². The summed E-state index contributed by atoms with van der Waals surface area (Å²) in [4.78, 5) is 22.8. The first kappa shape index (κ1) is 17.4. The molecule has 0 atom stereocenters. The Morgan fingerprint density at radius 2 is 2.27 bits per heavy atom. The molecule has 6 nitrogen and oxygen atoms in total. The van der Waals surface area contributed by atoms with E-state index in [1.807, 2.05) is 0 Å². The summed E-state index contributed by atoms with van der Waals surface area (Å²) < 4.78 is 15.5. The van der Waals surface area contributed by atoms with E-state index in [1.165, 1.54) is 6.07 Å². The highest BCUT2D eigenvalue weighted by molar-refractivity contribution is 8.11. The number of carbonyl (C=O) groups is 2. The molecule has 0 aromatic heterocycles. The normalized spacial score (nSPS) is 15.0. The fraction of sp³-hybridized carbons (Fsp3) is 0.333. The molecular weight excluding hydrogens is 353 g/mol. The first-order valence-corrected chi connectivity index (χ1v) is 8.43. The van der Waals surface area contributed by atoms with E-state index in [4.69, 9.17) is 16.7 Å². The number of hydrazine groups is 1. The summed E-state index contributed by atoms with van der Waals surface area (Å²) >= 11 is 7.74. The van der Waals surface area contributed by atoms with Crippen molar-refractivity contribution in [3.63, 3.8) is 0 Å². The van der Waals surface area contributed by atoms with Gasteiger partial charge in [-0.15, -0.1) is 11.8 Å². The molecule has 0 aliphatic carbocycles. The second-order valence-corrected chi connectivity index (χ2v) is 6.73. The second-order valence-electron chi connectivity index (χ2n) is 4.31. The summed E-state index contributed by atoms with van der Waals surface area (Å²) in [6.45, 7) is 1.52. The minimum atomic E-state index is -1.01. The van der Waals surface area contributed by atoms with Crippen molar-refractivity contribution in [2.24, 2.45) is 0 Å². The number of nitrogens with zero attached hydrogens (tertiary/aromatic N) is 1. The first-order chi connectivity index (χ1) is 10.5. The molecule has 0 radical (unpaired) electrons. The van der Waals surface area contributed by atoms with Crippen LogP contribution in [0.1, 0.15) is 6.42 Å². The molecule has 0 spiro atoms. The molecule has 1 aliphatic rings. The molecule has 0 bridgehead atoms. The third kappa shape index (κ3) is 5.03. The van der Waals surface area contributed by atoms with Crippen molar-refractivity contribution in [2.75, 3.05) is 24.2 Å². The Kier molecular flexibility index (Phi) is 6.33. The van der Waals surface area contributed by atoms with E-state index in [0.717, 1.165) is 49.3 Å². The molecule has 1 amide bonds. The fourth-order valence-corrected chi connectivity index (χ4v) is 3.41. The maximum atomic E-state index is 13.8. The zero-order valence-corrected chi connectivity index (χ0v) is 13.7. The fourth-order valence-electron chi connectivity index (χ4n) is 1.69. The van der Waals surface area contributed by atoms with Gasteiger partial charge in [0, 0.05) is 29.9 Å². The number of carbonyl (C=O) groups excluding carboxylic acids is 1. The number of rotatable bonds is 5. The van der Waals surface area contributed by atoms with E-state index < -0.39 is 17.0 Å². The smallest absolute Gasteiger partial charge is 0.313 e. The van der Waals surface area contributed by atoms with Gasteiger partial charge in [-0.1, -0.05) is 11.6 Å². The summed E-state index contributed by atoms with van der Waals surface area (Å²) in [5.41, 5.74) is 2.96. The zero-order valence-electron chi connectivity index (χ0n) is 11.3. The third-order valence-corrected chi connectivity index (χ3v) is 4.89. The van der Waals surface area contributed by atoms with Crippen molar-refractivity contribution < 1.29 is 19.1 Å². The Morgan fingerprint density at radius 1 is 1.50 bits per heavy atom. The Balaban J connectivity index is 2.03. The lowest BCUT2D eigenvalue weighted by molar-refractivity contribution is -0.133. The number of aliphatic carboxylic acids is 1. The second kappa shape index (κ2) is 8.02. The van der Waals surface area contributed by atoms with Gasteiger partial charge in [0.25, 0.3) is 5.24 Å². The van der Waals surface area contributed by atoms with E-state index in [2.05, 4.69) is 10.7 Å². The van der Waals surface area contributed by atoms with E-state index in [-0.39, 0.29) is 16.5 Å². The standard InChI is InChI=1S/C12H13ClFN3O3S2/c13-7-4-8(14)9(5-10(7)21-6-11(18)19)16-12(20)22-17-3-1-2-15-17/h4-5,15H,1-3,6H2,(H,16,20)(H,18,19). The molecular formula is C12H13ClFN3O3S2. The summed E-state index contributed by atoms with van der Waals surface area (Å²) in [6, 6.07) is 2.39. The number of carboxylic acid groups (broad SMARTS) is 1. The van der Waals surface area contributed by atoms with Crippen LogP contribution in [-0.4, -0.2) is 39.6 Å². The lowest BCUT2D eigenvalue weighted by atomic mass is 10.3. The van der Waals surface area contributed by atoms with Gasteiger partial charge in [0.2, 0.25) is 0 Å². The molecule has 1 saturated heterocycles. The van der Waals surface area contributed by atoms with Crippen LogP contribution in [0.2, 0.25) is 5.02 Å². The summed E-state index contributed by atoms with van der Waals surface area (Å²) in [5.74, 6) is -1.88. The van der Waals surface area contributed by atoms with Gasteiger partial charge in [0.1, 0.15) is 5.82 Å². The van der Waals surface area contributed by atoms with Gasteiger partial charge in [-0.05, 0) is 18.6 Å². The number of anilines is 1. The first-order valence-electron chi connectivity index (χ1n) is 6.29. The minimum absolute atomic E-state index is 0.0333. The van der Waals surface area contributed by atoms with Gasteiger partial charge in [-0.2, -0.15) is 4.41 Å². The highest BCUT2D eigenvalue weighted by Crippen LogP contribution is 2.32. The largest absolute Gasteiger partial charge is 0.481 e. The van der Waals surface area contributed by atoms with Crippen LogP contribution in [-0.2, 0) is 4.79 Å². The van der Waals surface area contributed by atoms with Crippen LogP contribution in [0, 0.1) is 5.82 Å². The van der Waals surface area contributed by atoms with E-state index in [0.29, 0.717) is 4.90 Å². The van der Waals surface area contributed by atoms with Crippen LogP contribution in [0.5, 0.6) is 0 Å². The van der Waals surface area contributed by atoms with Crippen molar-refractivity contribution in [3.8, 4) is 0 Å². The number of amides is 1. The van der Waals surface area contributed by atoms with Crippen LogP contribution in [0.3, 0.4) is 0 Å². The Labute approximate surface area is 139 Å². The molecule has 1 heterocycles. The molecule has 0 saturated carbocycles. The SMILES string of the molecule is O=C(O)CSc1cc(NC(=O)SN2CCCN2)c(F)cc1Cl. The predicted octanol–water partition coefficient (Wildman–Crippen LogP) is 3.05. The van der Waals surface area contributed by atoms with E-state index in [9.17, 15) is 14.0 Å². The van der Waals surface area contributed by atoms with Crippen LogP contribution >= 0.6 is 35.3 Å². The van der Waals surface area contributed by atoms with Crippen molar-refractivity contribution >= 4 is 52.2 Å². The number of hydrogen-bond acceptors (Lipinski definition) is 6. The molecule has 1 aromatic carbocycles. The van der Waals surface area contributed by atoms with Gasteiger partial charge >= 0.3 is 5.97 Å². The number of hydrogen-bond donors (Lipinski definition) is 3. The third-order valence-electron chi connectivity index (χ3n) is 2.63. The maximum absolute atomic E-state index is 13.8. The Hall–Kier alpha value is -1.00. The van der Waals surface area contributed by atoms with E-state index in [1.54, 1.807) is 4.41 Å². The summed E-state index contributed by atoms with van der Waals surface area (Å²) in [6.07, 6.45) is 0.936. The molecule has 120 valence electrons. The van der Waals surface area contributed by atoms with E-state index >= 15 is 0 Å². The van der Waals surface area contributed by atoms with Gasteiger partial charge in [-0.25, -0.2) is 9.82 Å². The van der Waals surface area contributed by atoms with Gasteiger partial charge in [0.15, 0.2) is 0 Å². The number of thioether (sulfide) groups is 1. The van der Waals surface area contributed by atoms with Crippen LogP contribution in [0.25, 0.3) is 0 Å². The monoisotopic (exact) mass is 365 g/mol. The number of halogens is 2. The molecule has 22 heavy (non-hydrogen) atoms. The average Bonchev–Trinajstić information content (AvgIpc) is 2.93. The lowest BCUT2D eigenvalue weighted by Crippen LogP contribution is -2.26. The highest BCUT2D eigenvalue weighted by Gasteiger charge is 2.18. The predicted molar refractivity (Wildman–Crippen MR) is 85.7 cm³/mol. The maximum Gasteiger partial charge on any atom is 0.313 e. The molecule has 10 heteroatoms. The molecule has 1 aliphatic heterocycles. The zero-order chi connectivity index (χ0) is 16.1. The quantitative estimate of drug-likeness (QED) is 0.546. The number of carboxylic acids is 1. The minimum Gasteiger partial charge on any atom is -0.481 e. The van der Waals surface area contributed by atoms with Crippen LogP contribution < -0.4 is 10.7 Å². The molecule has 0 unspecified atom stereocenters. The van der Waals surface area contributed by atoms with Gasteiger partial charge in [-0.3, -0.25) is 9.59 Å². The Bertz CT molecular complexity index is 585. The van der Waals surface area contributed by atoms with Gasteiger partial charge < -0.3 is 10.4 Å². The topological polar surface area (TPSA) is 81.7 Å². The molecule has 2 rings (SSSR count). The summed E-state index contributed by atoms with van der Waals surface area (Å²) in [5, 5.41) is 10.8. The van der Waals surface area contributed by atoms with Crippen molar-refractivity contribution in [3.05, 3.63) is 23.0 Å². The lowest BCUT2D eigenvalue weighted by Gasteiger charge is -2.14. The van der Waals surface area contributed by atoms with Crippen molar-refractivity contribution in [2.45, 2.75) is 11.3 Å². The van der Waals surface area contributed by atoms with Crippen LogP contribution in [0.4, 0.5) is 14.9 Å². The number of nitrogens with one attached hydrogen (secondary N) is 2. The highest BCUT2D eigenvalue weighted by atomic mass is 35.5. The number of benzene rings is 1. The van der Waals surface area contributed by atoms with Crippen molar-refractivity contribution in [1.29, 1.82) is 0 Å². The van der Waals surface area contributed by atoms with Crippen LogP contribution in [0.15, 0.2) is 17.0 Å². The average molecular weight is 366 g/mol. The summed E-state index contributed by atoms with van der Waals surface area (Å²) in [7, 11) is 0. The molecule has 1 aromatic rings. The molecule has 3 N–H and O–H groups in total.